The van der Waals surface area contributed by atoms with Crippen LogP contribution < -0.4 is 5.73 Å². The number of hydrogen-bond acceptors (Lipinski definition) is 4. The topological polar surface area (TPSA) is 56.3 Å². The average Bonchev–Trinajstić information content (AvgIpc) is 2.49. The molecule has 0 unspecified atom stereocenters. The van der Waals surface area contributed by atoms with Gasteiger partial charge in [0.05, 0.1) is 0 Å². The van der Waals surface area contributed by atoms with Gasteiger partial charge in [-0.1, -0.05) is 42.5 Å². The smallest absolute Gasteiger partial charge is 0.116 e. The normalized spacial score (nSPS) is 17.0. The third kappa shape index (κ3) is 4.03. The molecular weight excluding hydrogens is 280 g/mol. The van der Waals surface area contributed by atoms with E-state index in [0.717, 1.165) is 38.4 Å². The zero-order valence-electron chi connectivity index (χ0n) is 12.2. The van der Waals surface area contributed by atoms with E-state index in [-0.39, 0.29) is 4.99 Å². The van der Waals surface area contributed by atoms with E-state index in [1.54, 1.807) is 0 Å². The number of thiocarbonyl (C=S) groups is 1. The molecule has 1 saturated heterocycles. The molecule has 0 atom stereocenters. The summed E-state index contributed by atoms with van der Waals surface area (Å²) in [5.74, 6) is 0. The van der Waals surface area contributed by atoms with E-state index < -0.39 is 0 Å². The zero-order chi connectivity index (χ0) is 15.2. The van der Waals surface area contributed by atoms with E-state index in [2.05, 4.69) is 40.1 Å². The molecule has 1 aliphatic heterocycles. The van der Waals surface area contributed by atoms with Crippen LogP contribution in [0.5, 0.6) is 0 Å². The van der Waals surface area contributed by atoms with E-state index in [4.69, 9.17) is 23.2 Å². The maximum atomic E-state index is 9.13. The third-order valence-electron chi connectivity index (χ3n) is 3.82. The van der Waals surface area contributed by atoms with Crippen LogP contribution in [0.3, 0.4) is 0 Å². The molecule has 1 fully saturated rings. The summed E-state index contributed by atoms with van der Waals surface area (Å²) < 4.78 is 0. The molecule has 1 heterocycles. The highest BCUT2D eigenvalue weighted by atomic mass is 32.1. The largest absolute Gasteiger partial charge is 0.389 e. The van der Waals surface area contributed by atoms with Gasteiger partial charge < -0.3 is 10.6 Å². The van der Waals surface area contributed by atoms with Crippen LogP contribution in [0.4, 0.5) is 0 Å². The van der Waals surface area contributed by atoms with Crippen molar-refractivity contribution in [2.75, 3.05) is 26.2 Å². The van der Waals surface area contributed by atoms with Crippen molar-refractivity contribution in [3.8, 4) is 6.07 Å². The molecule has 0 spiro atoms. The number of nitrogens with zero attached hydrogens (tertiary/aromatic N) is 3. The number of nitrogens with two attached hydrogens (primary N) is 1. The monoisotopic (exact) mass is 300 g/mol. The number of hydrogen-bond donors (Lipinski definition) is 1. The molecule has 1 aromatic rings. The Morgan fingerprint density at radius 3 is 2.38 bits per heavy atom. The Kier molecular flexibility index (Phi) is 5.32. The molecule has 1 aromatic carbocycles. The second-order valence-corrected chi connectivity index (χ2v) is 5.63. The van der Waals surface area contributed by atoms with Crippen LogP contribution in [-0.4, -0.2) is 41.0 Å². The molecule has 0 saturated carbocycles. The van der Waals surface area contributed by atoms with Gasteiger partial charge in [0.25, 0.3) is 0 Å². The zero-order valence-corrected chi connectivity index (χ0v) is 13.1. The quantitative estimate of drug-likeness (QED) is 0.523. The molecular formula is C16H20N4S. The van der Waals surface area contributed by atoms with Gasteiger partial charge in [-0.3, -0.25) is 4.90 Å². The fourth-order valence-corrected chi connectivity index (χ4v) is 2.75. The van der Waals surface area contributed by atoms with Gasteiger partial charge in [-0.15, -0.1) is 0 Å². The Bertz CT molecular complexity index is 566. The van der Waals surface area contributed by atoms with Crippen molar-refractivity contribution in [3.05, 3.63) is 47.2 Å². The lowest BCUT2D eigenvalue weighted by atomic mass is 10.1. The van der Waals surface area contributed by atoms with Crippen molar-refractivity contribution in [1.82, 2.24) is 9.80 Å². The molecule has 2 N–H and O–H groups in total. The first kappa shape index (κ1) is 15.5. The lowest BCUT2D eigenvalue weighted by molar-refractivity contribution is 0.152. The molecule has 0 amide bonds. The Hall–Kier alpha value is -1.90. The van der Waals surface area contributed by atoms with Gasteiger partial charge in [-0.05, 0) is 12.5 Å². The second kappa shape index (κ2) is 7.21. The van der Waals surface area contributed by atoms with Gasteiger partial charge in [0, 0.05) is 38.4 Å². The number of rotatable bonds is 4. The number of nitriles is 1. The highest BCUT2D eigenvalue weighted by Gasteiger charge is 2.19. The van der Waals surface area contributed by atoms with Gasteiger partial charge >= 0.3 is 0 Å². The fourth-order valence-electron chi connectivity index (χ4n) is 2.56. The SMILES string of the molecule is C/C(=C(/C#N)C(N)=S)N1CCN(Cc2ccccc2)CC1. The molecule has 0 aromatic heterocycles. The molecule has 21 heavy (non-hydrogen) atoms. The summed E-state index contributed by atoms with van der Waals surface area (Å²) in [6.45, 7) is 6.63. The first-order valence-corrected chi connectivity index (χ1v) is 7.44. The first-order chi connectivity index (χ1) is 10.1. The minimum Gasteiger partial charge on any atom is -0.389 e. The molecule has 110 valence electrons. The third-order valence-corrected chi connectivity index (χ3v) is 4.02. The minimum absolute atomic E-state index is 0.182. The van der Waals surface area contributed by atoms with Crippen molar-refractivity contribution in [3.63, 3.8) is 0 Å². The van der Waals surface area contributed by atoms with E-state index in [1.165, 1.54) is 5.56 Å². The summed E-state index contributed by atoms with van der Waals surface area (Å²) in [5.41, 5.74) is 8.26. The van der Waals surface area contributed by atoms with Crippen molar-refractivity contribution in [2.45, 2.75) is 13.5 Å². The van der Waals surface area contributed by atoms with Gasteiger partial charge in [0.15, 0.2) is 0 Å². The molecule has 0 aliphatic carbocycles. The van der Waals surface area contributed by atoms with Crippen LogP contribution >= 0.6 is 12.2 Å². The number of benzene rings is 1. The van der Waals surface area contributed by atoms with Gasteiger partial charge in [0.2, 0.25) is 0 Å². The molecule has 1 aliphatic rings. The van der Waals surface area contributed by atoms with E-state index in [0.29, 0.717) is 5.57 Å². The summed E-state index contributed by atoms with van der Waals surface area (Å²) in [6, 6.07) is 12.6. The van der Waals surface area contributed by atoms with Crippen molar-refractivity contribution >= 4 is 17.2 Å². The summed E-state index contributed by atoms with van der Waals surface area (Å²) in [4.78, 5) is 4.80. The lowest BCUT2D eigenvalue weighted by Crippen LogP contribution is -2.45. The highest BCUT2D eigenvalue weighted by molar-refractivity contribution is 7.80. The molecule has 2 rings (SSSR count). The summed E-state index contributed by atoms with van der Waals surface area (Å²) in [6.07, 6.45) is 0. The van der Waals surface area contributed by atoms with Crippen LogP contribution in [0.25, 0.3) is 0 Å². The molecule has 0 bridgehead atoms. The maximum Gasteiger partial charge on any atom is 0.116 e. The minimum atomic E-state index is 0.182. The first-order valence-electron chi connectivity index (χ1n) is 7.04. The van der Waals surface area contributed by atoms with Crippen LogP contribution in [-0.2, 0) is 6.54 Å². The standard InChI is InChI=1S/C16H20N4S/c1-13(15(11-17)16(18)21)20-9-7-19(8-10-20)12-14-5-3-2-4-6-14/h2-6H,7-10,12H2,1H3,(H2,18,21)/b15-13+. The van der Waals surface area contributed by atoms with E-state index in [9.17, 15) is 0 Å². The van der Waals surface area contributed by atoms with Crippen LogP contribution in [0.2, 0.25) is 0 Å². The Morgan fingerprint density at radius 2 is 1.86 bits per heavy atom. The van der Waals surface area contributed by atoms with E-state index >= 15 is 0 Å². The summed E-state index contributed by atoms with van der Waals surface area (Å²) in [5, 5.41) is 9.13. The van der Waals surface area contributed by atoms with Crippen molar-refractivity contribution < 1.29 is 0 Å². The fraction of sp³-hybridized carbons (Fsp3) is 0.375. The molecule has 5 heteroatoms. The number of piperazine rings is 1. The number of allylic oxidation sites excluding steroid dienone is 1. The maximum absolute atomic E-state index is 9.13. The van der Waals surface area contributed by atoms with Crippen LogP contribution in [0, 0.1) is 11.3 Å². The average molecular weight is 300 g/mol. The lowest BCUT2D eigenvalue weighted by Gasteiger charge is -2.36. The van der Waals surface area contributed by atoms with Crippen molar-refractivity contribution in [2.24, 2.45) is 5.73 Å². The Balaban J connectivity index is 1.95. The Morgan fingerprint density at radius 1 is 1.24 bits per heavy atom. The second-order valence-electron chi connectivity index (χ2n) is 5.19. The summed E-state index contributed by atoms with van der Waals surface area (Å²) >= 11 is 4.93. The van der Waals surface area contributed by atoms with Crippen LogP contribution in [0.15, 0.2) is 41.6 Å². The highest BCUT2D eigenvalue weighted by Crippen LogP contribution is 2.15. The molecule has 0 radical (unpaired) electrons. The van der Waals surface area contributed by atoms with Gasteiger partial charge in [-0.25, -0.2) is 0 Å². The molecule has 4 nitrogen and oxygen atoms in total. The van der Waals surface area contributed by atoms with Crippen molar-refractivity contribution in [1.29, 1.82) is 5.26 Å². The van der Waals surface area contributed by atoms with Gasteiger partial charge in [0.1, 0.15) is 16.6 Å². The van der Waals surface area contributed by atoms with Gasteiger partial charge in [-0.2, -0.15) is 5.26 Å². The predicted octanol–water partition coefficient (Wildman–Crippen LogP) is 1.89. The van der Waals surface area contributed by atoms with E-state index in [1.807, 2.05) is 13.0 Å². The summed E-state index contributed by atoms with van der Waals surface area (Å²) in [7, 11) is 0. The predicted molar refractivity (Wildman–Crippen MR) is 88.4 cm³/mol. The van der Waals surface area contributed by atoms with Crippen LogP contribution in [0.1, 0.15) is 12.5 Å². The Labute approximate surface area is 131 Å².